The minimum atomic E-state index is -3.20. The molecule has 1 aliphatic rings. The fourth-order valence-electron chi connectivity index (χ4n) is 4.14. The van der Waals surface area contributed by atoms with Crippen molar-refractivity contribution in [3.05, 3.63) is 81.2 Å². The number of aryl methyl sites for hydroxylation is 2. The van der Waals surface area contributed by atoms with E-state index in [1.807, 2.05) is 37.3 Å². The fraction of sp³-hybridized carbons (Fsp3) is 0.360. The molecule has 1 atom stereocenters. The van der Waals surface area contributed by atoms with E-state index >= 15 is 0 Å². The van der Waals surface area contributed by atoms with Crippen molar-refractivity contribution in [2.45, 2.75) is 45.7 Å². The second kappa shape index (κ2) is 8.90. The van der Waals surface area contributed by atoms with Gasteiger partial charge in [0.1, 0.15) is 5.58 Å². The number of fused-ring (bicyclic) bond motifs is 1. The quantitative estimate of drug-likeness (QED) is 0.568. The lowest BCUT2D eigenvalue weighted by Crippen LogP contribution is -2.40. The van der Waals surface area contributed by atoms with Crippen LogP contribution >= 0.6 is 0 Å². The number of rotatable bonds is 6. The van der Waals surface area contributed by atoms with Crippen molar-refractivity contribution in [3.8, 4) is 0 Å². The third kappa shape index (κ3) is 4.63. The van der Waals surface area contributed by atoms with Gasteiger partial charge in [-0.05, 0) is 48.1 Å². The Balaban J connectivity index is 1.71. The number of benzene rings is 2. The highest BCUT2D eigenvalue weighted by atomic mass is 32.2. The molecule has 0 aliphatic carbocycles. The molecular weight excluding hydrogens is 426 g/mol. The van der Waals surface area contributed by atoms with Crippen LogP contribution in [0, 0.1) is 0 Å². The summed E-state index contributed by atoms with van der Waals surface area (Å²) < 4.78 is 30.1. The highest BCUT2D eigenvalue weighted by Crippen LogP contribution is 2.24. The molecule has 0 unspecified atom stereocenters. The fourth-order valence-corrected chi connectivity index (χ4v) is 5.87. The zero-order chi connectivity index (χ0) is 22.9. The van der Waals surface area contributed by atoms with Gasteiger partial charge < -0.3 is 9.32 Å². The smallest absolute Gasteiger partial charge is 0.290 e. The van der Waals surface area contributed by atoms with Crippen molar-refractivity contribution >= 4 is 26.7 Å². The normalized spacial score (nSPS) is 17.5. The van der Waals surface area contributed by atoms with E-state index < -0.39 is 21.8 Å². The zero-order valence-electron chi connectivity index (χ0n) is 18.3. The van der Waals surface area contributed by atoms with Crippen molar-refractivity contribution < 1.29 is 17.6 Å². The first-order valence-corrected chi connectivity index (χ1v) is 12.8. The SMILES string of the molecule is CCc1ccc(CN(C(=O)c2cc(=O)c3cc(CC)ccc3o2)[C@@H]2CCS(=O)(=O)C2)cc1. The number of carbonyl (C=O) groups excluding carboxylic acids is 1. The minimum absolute atomic E-state index is 0.0533. The Morgan fingerprint density at radius 3 is 2.28 bits per heavy atom. The van der Waals surface area contributed by atoms with Gasteiger partial charge in [0.05, 0.1) is 16.9 Å². The van der Waals surface area contributed by atoms with E-state index in [1.165, 1.54) is 16.5 Å². The van der Waals surface area contributed by atoms with Gasteiger partial charge in [0.15, 0.2) is 21.0 Å². The second-order valence-electron chi connectivity index (χ2n) is 8.32. The topological polar surface area (TPSA) is 84.7 Å². The van der Waals surface area contributed by atoms with E-state index in [9.17, 15) is 18.0 Å². The van der Waals surface area contributed by atoms with Crippen molar-refractivity contribution in [2.24, 2.45) is 0 Å². The van der Waals surface area contributed by atoms with Crippen LogP contribution in [-0.2, 0) is 29.2 Å². The Bertz CT molecular complexity index is 1310. The monoisotopic (exact) mass is 453 g/mol. The molecule has 1 fully saturated rings. The summed E-state index contributed by atoms with van der Waals surface area (Å²) in [6.07, 6.45) is 2.07. The molecule has 1 amide bonds. The summed E-state index contributed by atoms with van der Waals surface area (Å²) in [5.74, 6) is -0.562. The second-order valence-corrected chi connectivity index (χ2v) is 10.5. The Hall–Kier alpha value is -2.93. The van der Waals surface area contributed by atoms with Crippen LogP contribution in [0.25, 0.3) is 11.0 Å². The van der Waals surface area contributed by atoms with E-state index in [1.54, 1.807) is 12.1 Å². The molecule has 0 radical (unpaired) electrons. The van der Waals surface area contributed by atoms with Crippen molar-refractivity contribution in [2.75, 3.05) is 11.5 Å². The standard InChI is InChI=1S/C25H27NO5S/c1-3-17-5-7-19(8-6-17)15-26(20-11-12-32(29,30)16-20)25(28)24-14-22(27)21-13-18(4-2)9-10-23(21)31-24/h5-10,13-14,20H,3-4,11-12,15-16H2,1-2H3/t20-/m1/s1. The first-order chi connectivity index (χ1) is 15.3. The lowest BCUT2D eigenvalue weighted by Gasteiger charge is -2.28. The average molecular weight is 454 g/mol. The molecule has 3 aromatic rings. The molecule has 2 heterocycles. The Morgan fingerprint density at radius 1 is 1.00 bits per heavy atom. The number of nitrogens with zero attached hydrogens (tertiary/aromatic N) is 1. The van der Waals surface area contributed by atoms with Gasteiger partial charge in [-0.2, -0.15) is 0 Å². The van der Waals surface area contributed by atoms with Crippen LogP contribution in [0.15, 0.2) is 57.7 Å². The number of sulfone groups is 1. The third-order valence-electron chi connectivity index (χ3n) is 6.10. The molecule has 4 rings (SSSR count). The third-order valence-corrected chi connectivity index (χ3v) is 7.86. The molecule has 1 aromatic heterocycles. The molecule has 0 bridgehead atoms. The van der Waals surface area contributed by atoms with Gasteiger partial charge in [0.2, 0.25) is 0 Å². The molecule has 0 spiro atoms. The maximum absolute atomic E-state index is 13.5. The van der Waals surface area contributed by atoms with Gasteiger partial charge in [-0.1, -0.05) is 44.2 Å². The van der Waals surface area contributed by atoms with E-state index in [4.69, 9.17) is 4.42 Å². The predicted octanol–water partition coefficient (Wildman–Crippen LogP) is 3.75. The molecular formula is C25H27NO5S. The number of amides is 1. The van der Waals surface area contributed by atoms with Crippen LogP contribution in [0.2, 0.25) is 0 Å². The zero-order valence-corrected chi connectivity index (χ0v) is 19.2. The van der Waals surface area contributed by atoms with E-state index in [0.717, 1.165) is 24.0 Å². The number of hydrogen-bond acceptors (Lipinski definition) is 5. The molecule has 0 N–H and O–H groups in total. The highest BCUT2D eigenvalue weighted by Gasteiger charge is 2.36. The first kappa shape index (κ1) is 22.3. The largest absolute Gasteiger partial charge is 0.451 e. The molecule has 1 saturated heterocycles. The molecule has 1 aliphatic heterocycles. The summed E-state index contributed by atoms with van der Waals surface area (Å²) in [5, 5.41) is 0.436. The van der Waals surface area contributed by atoms with Gasteiger partial charge in [0, 0.05) is 18.7 Å². The Kier molecular flexibility index (Phi) is 6.20. The van der Waals surface area contributed by atoms with Crippen LogP contribution in [0.1, 0.15) is 47.5 Å². The lowest BCUT2D eigenvalue weighted by molar-refractivity contribution is 0.0648. The van der Waals surface area contributed by atoms with Crippen LogP contribution < -0.4 is 5.43 Å². The van der Waals surface area contributed by atoms with Crippen molar-refractivity contribution in [1.82, 2.24) is 4.90 Å². The first-order valence-electron chi connectivity index (χ1n) is 11.0. The predicted molar refractivity (Wildman–Crippen MR) is 125 cm³/mol. The summed E-state index contributed by atoms with van der Waals surface area (Å²) in [6, 6.07) is 14.0. The van der Waals surface area contributed by atoms with Gasteiger partial charge in [-0.15, -0.1) is 0 Å². The molecule has 2 aromatic carbocycles. The number of hydrogen-bond donors (Lipinski definition) is 0. The van der Waals surface area contributed by atoms with Gasteiger partial charge in [-0.3, -0.25) is 9.59 Å². The van der Waals surface area contributed by atoms with Gasteiger partial charge in [-0.25, -0.2) is 8.42 Å². The summed E-state index contributed by atoms with van der Waals surface area (Å²) in [4.78, 5) is 27.7. The number of carbonyl (C=O) groups is 1. The summed E-state index contributed by atoms with van der Waals surface area (Å²) in [7, 11) is -3.20. The van der Waals surface area contributed by atoms with Crippen molar-refractivity contribution in [1.29, 1.82) is 0 Å². The van der Waals surface area contributed by atoms with Crippen molar-refractivity contribution in [3.63, 3.8) is 0 Å². The summed E-state index contributed by atoms with van der Waals surface area (Å²) in [6.45, 7) is 4.32. The van der Waals surface area contributed by atoms with E-state index in [-0.39, 0.29) is 29.2 Å². The van der Waals surface area contributed by atoms with E-state index in [2.05, 4.69) is 6.92 Å². The molecule has 6 nitrogen and oxygen atoms in total. The van der Waals surface area contributed by atoms with E-state index in [0.29, 0.717) is 17.4 Å². The van der Waals surface area contributed by atoms with Crippen LogP contribution in [-0.4, -0.2) is 36.8 Å². The molecule has 7 heteroatoms. The Morgan fingerprint density at radius 2 is 1.66 bits per heavy atom. The molecule has 0 saturated carbocycles. The maximum Gasteiger partial charge on any atom is 0.290 e. The van der Waals surface area contributed by atoms with Crippen LogP contribution in [0.5, 0.6) is 0 Å². The maximum atomic E-state index is 13.5. The Labute approximate surface area is 187 Å². The molecule has 168 valence electrons. The summed E-state index contributed by atoms with van der Waals surface area (Å²) >= 11 is 0. The lowest BCUT2D eigenvalue weighted by atomic mass is 10.1. The van der Waals surface area contributed by atoms with Crippen LogP contribution in [0.4, 0.5) is 0 Å². The highest BCUT2D eigenvalue weighted by molar-refractivity contribution is 7.91. The minimum Gasteiger partial charge on any atom is -0.451 e. The van der Waals surface area contributed by atoms with Crippen LogP contribution in [0.3, 0.4) is 0 Å². The average Bonchev–Trinajstić information content (AvgIpc) is 3.16. The molecule has 32 heavy (non-hydrogen) atoms. The summed E-state index contributed by atoms with van der Waals surface area (Å²) in [5.41, 5.74) is 3.16. The van der Waals surface area contributed by atoms with Gasteiger partial charge >= 0.3 is 0 Å². The van der Waals surface area contributed by atoms with Gasteiger partial charge in [0.25, 0.3) is 5.91 Å².